The van der Waals surface area contributed by atoms with E-state index >= 15 is 0 Å². The van der Waals surface area contributed by atoms with E-state index in [-0.39, 0.29) is 24.9 Å². The molecule has 0 heterocycles. The maximum atomic E-state index is 12.3. The quantitative estimate of drug-likeness (QED) is 0.891. The van der Waals surface area contributed by atoms with Gasteiger partial charge in [-0.05, 0) is 30.5 Å². The molecule has 120 valence electrons. The molecule has 0 atom stereocenters. The van der Waals surface area contributed by atoms with Crippen molar-refractivity contribution < 1.29 is 14.7 Å². The van der Waals surface area contributed by atoms with Crippen LogP contribution >= 0.6 is 0 Å². The molecule has 2 rings (SSSR count). The average molecular weight is 311 g/mol. The fourth-order valence-corrected chi connectivity index (χ4v) is 2.43. The van der Waals surface area contributed by atoms with E-state index in [1.54, 1.807) is 0 Å². The van der Waals surface area contributed by atoms with E-state index in [0.717, 1.165) is 16.7 Å². The number of carbonyl (C=O) groups excluding carboxylic acids is 1. The number of rotatable bonds is 6. The molecule has 0 aliphatic carbocycles. The molecular weight excluding hydrogens is 290 g/mol. The number of nitrogens with zero attached hydrogens (tertiary/aromatic N) is 1. The van der Waals surface area contributed by atoms with Crippen LogP contribution in [0.15, 0.2) is 54.6 Å². The van der Waals surface area contributed by atoms with Crippen LogP contribution in [0.2, 0.25) is 0 Å². The van der Waals surface area contributed by atoms with Gasteiger partial charge in [0, 0.05) is 6.04 Å². The Hall–Kier alpha value is -2.62. The highest BCUT2D eigenvalue weighted by Gasteiger charge is 2.19. The Kier molecular flexibility index (Phi) is 5.52. The summed E-state index contributed by atoms with van der Waals surface area (Å²) >= 11 is 0. The van der Waals surface area contributed by atoms with Crippen molar-refractivity contribution in [2.45, 2.75) is 26.3 Å². The first-order chi connectivity index (χ1) is 11.0. The summed E-state index contributed by atoms with van der Waals surface area (Å²) in [5.74, 6) is -1.17. The highest BCUT2D eigenvalue weighted by atomic mass is 16.4. The summed E-state index contributed by atoms with van der Waals surface area (Å²) in [5.41, 5.74) is 3.10. The summed E-state index contributed by atoms with van der Waals surface area (Å²) in [6.07, 6.45) is 0.209. The van der Waals surface area contributed by atoms with E-state index in [2.05, 4.69) is 0 Å². The summed E-state index contributed by atoms with van der Waals surface area (Å²) < 4.78 is 0. The second kappa shape index (κ2) is 7.58. The van der Waals surface area contributed by atoms with Gasteiger partial charge in [-0.25, -0.2) is 0 Å². The summed E-state index contributed by atoms with van der Waals surface area (Å²) in [7, 11) is 0. The zero-order chi connectivity index (χ0) is 16.8. The lowest BCUT2D eigenvalue weighted by Crippen LogP contribution is -2.41. The van der Waals surface area contributed by atoms with Gasteiger partial charge < -0.3 is 10.0 Å². The van der Waals surface area contributed by atoms with Crippen molar-refractivity contribution in [1.82, 2.24) is 4.90 Å². The van der Waals surface area contributed by atoms with Gasteiger partial charge in [0.2, 0.25) is 5.91 Å². The van der Waals surface area contributed by atoms with Crippen molar-refractivity contribution in [3.63, 3.8) is 0 Å². The minimum atomic E-state index is -0.994. The third kappa shape index (κ3) is 4.68. The second-order valence-corrected chi connectivity index (χ2v) is 5.75. The molecule has 0 aliphatic heterocycles. The first-order valence-corrected chi connectivity index (χ1v) is 7.63. The zero-order valence-corrected chi connectivity index (χ0v) is 13.4. The van der Waals surface area contributed by atoms with E-state index in [9.17, 15) is 9.59 Å². The van der Waals surface area contributed by atoms with Crippen molar-refractivity contribution in [2.24, 2.45) is 0 Å². The first-order valence-electron chi connectivity index (χ1n) is 7.63. The highest BCUT2D eigenvalue weighted by Crippen LogP contribution is 2.19. The van der Waals surface area contributed by atoms with Gasteiger partial charge in [0.15, 0.2) is 0 Å². The average Bonchev–Trinajstić information content (AvgIpc) is 2.53. The van der Waals surface area contributed by atoms with Gasteiger partial charge in [0.1, 0.15) is 6.54 Å². The SMILES string of the molecule is CC(C)N(CC(=O)O)C(=O)Cc1ccc(-c2ccccc2)cc1. The molecule has 0 unspecified atom stereocenters. The minimum absolute atomic E-state index is 0.137. The summed E-state index contributed by atoms with van der Waals surface area (Å²) in [6.45, 7) is 3.37. The number of hydrogen-bond donors (Lipinski definition) is 1. The molecule has 4 heteroatoms. The van der Waals surface area contributed by atoms with Crippen LogP contribution in [0.3, 0.4) is 0 Å². The predicted molar refractivity (Wildman–Crippen MR) is 90.1 cm³/mol. The Morgan fingerprint density at radius 2 is 1.52 bits per heavy atom. The summed E-state index contributed by atoms with van der Waals surface area (Å²) in [6, 6.07) is 17.7. The number of hydrogen-bond acceptors (Lipinski definition) is 2. The molecule has 4 nitrogen and oxygen atoms in total. The fraction of sp³-hybridized carbons (Fsp3) is 0.263. The molecule has 0 radical (unpaired) electrons. The van der Waals surface area contributed by atoms with Crippen LogP contribution < -0.4 is 0 Å². The molecule has 1 amide bonds. The molecule has 0 aromatic heterocycles. The fourth-order valence-electron chi connectivity index (χ4n) is 2.43. The standard InChI is InChI=1S/C19H21NO3/c1-14(2)20(13-19(22)23)18(21)12-15-8-10-17(11-9-15)16-6-4-3-5-7-16/h3-11,14H,12-13H2,1-2H3,(H,22,23). The Bertz CT molecular complexity index is 663. The topological polar surface area (TPSA) is 57.6 Å². The van der Waals surface area contributed by atoms with E-state index in [1.165, 1.54) is 4.90 Å². The largest absolute Gasteiger partial charge is 0.480 e. The third-order valence-corrected chi connectivity index (χ3v) is 3.67. The van der Waals surface area contributed by atoms with Crippen LogP contribution in [0.4, 0.5) is 0 Å². The highest BCUT2D eigenvalue weighted by molar-refractivity contribution is 5.83. The number of carbonyl (C=O) groups is 2. The van der Waals surface area contributed by atoms with Crippen molar-refractivity contribution in [3.8, 4) is 11.1 Å². The first kappa shape index (κ1) is 16.7. The number of aliphatic carboxylic acids is 1. The second-order valence-electron chi connectivity index (χ2n) is 5.75. The minimum Gasteiger partial charge on any atom is -0.480 e. The number of amides is 1. The Balaban J connectivity index is 2.08. The van der Waals surface area contributed by atoms with Crippen molar-refractivity contribution in [2.75, 3.05) is 6.54 Å². The van der Waals surface area contributed by atoms with Crippen LogP contribution in [-0.2, 0) is 16.0 Å². The van der Waals surface area contributed by atoms with Crippen molar-refractivity contribution >= 4 is 11.9 Å². The van der Waals surface area contributed by atoms with Gasteiger partial charge >= 0.3 is 5.97 Å². The smallest absolute Gasteiger partial charge is 0.323 e. The van der Waals surface area contributed by atoms with E-state index in [0.29, 0.717) is 0 Å². The van der Waals surface area contributed by atoms with Gasteiger partial charge in [-0.2, -0.15) is 0 Å². The number of carboxylic acid groups (broad SMARTS) is 1. The molecule has 0 aliphatic rings. The van der Waals surface area contributed by atoms with E-state index < -0.39 is 5.97 Å². The molecule has 0 bridgehead atoms. The number of carboxylic acids is 1. The van der Waals surface area contributed by atoms with Gasteiger partial charge in [-0.15, -0.1) is 0 Å². The molecule has 0 fully saturated rings. The zero-order valence-electron chi connectivity index (χ0n) is 13.4. The van der Waals surface area contributed by atoms with Crippen LogP contribution in [-0.4, -0.2) is 34.5 Å². The van der Waals surface area contributed by atoms with Gasteiger partial charge in [0.25, 0.3) is 0 Å². The number of benzene rings is 2. The molecular formula is C19H21NO3. The Morgan fingerprint density at radius 1 is 0.957 bits per heavy atom. The normalized spacial score (nSPS) is 10.6. The third-order valence-electron chi connectivity index (χ3n) is 3.67. The molecule has 2 aromatic carbocycles. The molecule has 0 saturated heterocycles. The maximum absolute atomic E-state index is 12.3. The molecule has 23 heavy (non-hydrogen) atoms. The van der Waals surface area contributed by atoms with Gasteiger partial charge in [0.05, 0.1) is 6.42 Å². The van der Waals surface area contributed by atoms with Crippen LogP contribution in [0.1, 0.15) is 19.4 Å². The lowest BCUT2D eigenvalue weighted by molar-refractivity contribution is -0.145. The van der Waals surface area contributed by atoms with Gasteiger partial charge in [-0.1, -0.05) is 54.6 Å². The van der Waals surface area contributed by atoms with Crippen molar-refractivity contribution in [3.05, 3.63) is 60.2 Å². The molecule has 0 spiro atoms. The Morgan fingerprint density at radius 3 is 2.04 bits per heavy atom. The van der Waals surface area contributed by atoms with Crippen LogP contribution in [0.25, 0.3) is 11.1 Å². The summed E-state index contributed by atoms with van der Waals surface area (Å²) in [4.78, 5) is 24.6. The van der Waals surface area contributed by atoms with Crippen LogP contribution in [0.5, 0.6) is 0 Å². The molecule has 2 aromatic rings. The van der Waals surface area contributed by atoms with Crippen molar-refractivity contribution in [1.29, 1.82) is 0 Å². The molecule has 1 N–H and O–H groups in total. The van der Waals surface area contributed by atoms with Crippen LogP contribution in [0, 0.1) is 0 Å². The lowest BCUT2D eigenvalue weighted by atomic mass is 10.0. The lowest BCUT2D eigenvalue weighted by Gasteiger charge is -2.25. The predicted octanol–water partition coefficient (Wildman–Crippen LogP) is 3.22. The van der Waals surface area contributed by atoms with Gasteiger partial charge in [-0.3, -0.25) is 9.59 Å². The summed E-state index contributed by atoms with van der Waals surface area (Å²) in [5, 5.41) is 8.92. The van der Waals surface area contributed by atoms with E-state index in [1.807, 2.05) is 68.4 Å². The monoisotopic (exact) mass is 311 g/mol. The maximum Gasteiger partial charge on any atom is 0.323 e. The molecule has 0 saturated carbocycles. The Labute approximate surface area is 136 Å². The van der Waals surface area contributed by atoms with E-state index in [4.69, 9.17) is 5.11 Å².